The third-order valence-corrected chi connectivity index (χ3v) is 2.22. The van der Waals surface area contributed by atoms with Gasteiger partial charge in [0.15, 0.2) is 0 Å². The lowest BCUT2D eigenvalue weighted by Crippen LogP contribution is -2.12. The molecule has 2 N–H and O–H groups in total. The summed E-state index contributed by atoms with van der Waals surface area (Å²) in [5.41, 5.74) is 6.26. The number of nitrogens with zero attached hydrogens (tertiary/aromatic N) is 1. The van der Waals surface area contributed by atoms with Crippen molar-refractivity contribution in [3.63, 3.8) is 0 Å². The van der Waals surface area contributed by atoms with E-state index in [2.05, 4.69) is 4.99 Å². The summed E-state index contributed by atoms with van der Waals surface area (Å²) < 4.78 is 26.2. The zero-order valence-corrected chi connectivity index (χ0v) is 8.90. The molecular formula is C13H10F2N2. The Morgan fingerprint density at radius 1 is 1.00 bits per heavy atom. The minimum absolute atomic E-state index is 0.105. The first-order valence-corrected chi connectivity index (χ1v) is 5.01. The Morgan fingerprint density at radius 2 is 1.71 bits per heavy atom. The molecule has 0 spiro atoms. The lowest BCUT2D eigenvalue weighted by Gasteiger charge is -2.01. The number of rotatable bonds is 2. The van der Waals surface area contributed by atoms with E-state index in [1.807, 2.05) is 6.07 Å². The normalized spacial score (nSPS) is 11.5. The van der Waals surface area contributed by atoms with Gasteiger partial charge in [-0.1, -0.05) is 30.3 Å². The zero-order chi connectivity index (χ0) is 12.3. The number of hydrogen-bond donors (Lipinski definition) is 1. The van der Waals surface area contributed by atoms with E-state index in [-0.39, 0.29) is 11.5 Å². The van der Waals surface area contributed by atoms with E-state index >= 15 is 0 Å². The average molecular weight is 232 g/mol. The summed E-state index contributed by atoms with van der Waals surface area (Å²) in [6, 6.07) is 12.0. The molecule has 0 bridgehead atoms. The fraction of sp³-hybridized carbons (Fsp3) is 0. The van der Waals surface area contributed by atoms with Gasteiger partial charge < -0.3 is 5.73 Å². The van der Waals surface area contributed by atoms with Crippen LogP contribution in [0.3, 0.4) is 0 Å². The van der Waals surface area contributed by atoms with Gasteiger partial charge >= 0.3 is 0 Å². The van der Waals surface area contributed by atoms with Crippen LogP contribution in [0.5, 0.6) is 0 Å². The predicted molar refractivity (Wildman–Crippen MR) is 63.2 cm³/mol. The van der Waals surface area contributed by atoms with E-state index in [0.29, 0.717) is 5.56 Å². The van der Waals surface area contributed by atoms with Crippen LogP contribution in [0.4, 0.5) is 14.5 Å². The molecule has 0 heterocycles. The molecule has 86 valence electrons. The van der Waals surface area contributed by atoms with Crippen molar-refractivity contribution >= 4 is 11.5 Å². The summed E-state index contributed by atoms with van der Waals surface area (Å²) in [6.07, 6.45) is 0. The molecule has 0 aliphatic heterocycles. The first-order chi connectivity index (χ1) is 8.16. The van der Waals surface area contributed by atoms with Gasteiger partial charge in [-0.2, -0.15) is 0 Å². The second-order valence-electron chi connectivity index (χ2n) is 3.46. The van der Waals surface area contributed by atoms with Crippen molar-refractivity contribution in [3.05, 3.63) is 65.7 Å². The van der Waals surface area contributed by atoms with Crippen molar-refractivity contribution in [2.75, 3.05) is 0 Å². The van der Waals surface area contributed by atoms with Gasteiger partial charge in [-0.15, -0.1) is 0 Å². The standard InChI is InChI=1S/C13H10F2N2/c14-10-6-7-11(15)12(8-10)17-13(16)9-4-2-1-3-5-9/h1-8H,(H2,16,17). The quantitative estimate of drug-likeness (QED) is 0.627. The second kappa shape index (κ2) is 4.74. The monoisotopic (exact) mass is 232 g/mol. The zero-order valence-electron chi connectivity index (χ0n) is 8.90. The van der Waals surface area contributed by atoms with Gasteiger partial charge in [-0.05, 0) is 12.1 Å². The summed E-state index contributed by atoms with van der Waals surface area (Å²) >= 11 is 0. The Hall–Kier alpha value is -2.23. The molecule has 0 amide bonds. The number of nitrogens with two attached hydrogens (primary N) is 1. The van der Waals surface area contributed by atoms with Crippen LogP contribution in [0, 0.1) is 11.6 Å². The van der Waals surface area contributed by atoms with Crippen molar-refractivity contribution < 1.29 is 8.78 Å². The van der Waals surface area contributed by atoms with Gasteiger partial charge in [0, 0.05) is 11.6 Å². The fourth-order valence-corrected chi connectivity index (χ4v) is 1.37. The van der Waals surface area contributed by atoms with E-state index in [0.717, 1.165) is 18.2 Å². The maximum atomic E-state index is 13.3. The van der Waals surface area contributed by atoms with Crippen LogP contribution in [-0.2, 0) is 0 Å². The van der Waals surface area contributed by atoms with Crippen LogP contribution >= 0.6 is 0 Å². The van der Waals surface area contributed by atoms with Crippen LogP contribution in [0.1, 0.15) is 5.56 Å². The lowest BCUT2D eigenvalue weighted by molar-refractivity contribution is 0.602. The van der Waals surface area contributed by atoms with Gasteiger partial charge in [-0.3, -0.25) is 0 Å². The predicted octanol–water partition coefficient (Wildman–Crippen LogP) is 3.00. The van der Waals surface area contributed by atoms with E-state index in [9.17, 15) is 8.78 Å². The highest BCUT2D eigenvalue weighted by atomic mass is 19.1. The van der Waals surface area contributed by atoms with E-state index in [4.69, 9.17) is 5.73 Å². The van der Waals surface area contributed by atoms with Gasteiger partial charge in [-0.25, -0.2) is 13.8 Å². The third-order valence-electron chi connectivity index (χ3n) is 2.22. The average Bonchev–Trinajstić information content (AvgIpc) is 2.35. The summed E-state index contributed by atoms with van der Waals surface area (Å²) in [5.74, 6) is -1.01. The van der Waals surface area contributed by atoms with Crippen molar-refractivity contribution in [1.29, 1.82) is 0 Å². The largest absolute Gasteiger partial charge is 0.383 e. The van der Waals surface area contributed by atoms with Crippen LogP contribution in [0.15, 0.2) is 53.5 Å². The molecule has 2 aromatic rings. The summed E-state index contributed by atoms with van der Waals surface area (Å²) in [6.45, 7) is 0. The number of hydrogen-bond acceptors (Lipinski definition) is 1. The molecule has 0 saturated carbocycles. The number of aliphatic imine (C=N–C) groups is 1. The van der Waals surface area contributed by atoms with Crippen molar-refractivity contribution in [1.82, 2.24) is 0 Å². The molecule has 0 aliphatic rings. The minimum Gasteiger partial charge on any atom is -0.383 e. The third kappa shape index (κ3) is 2.66. The van der Waals surface area contributed by atoms with Gasteiger partial charge in [0.2, 0.25) is 0 Å². The molecule has 4 heteroatoms. The molecule has 0 radical (unpaired) electrons. The van der Waals surface area contributed by atoms with Crippen molar-refractivity contribution in [2.24, 2.45) is 10.7 Å². The fourth-order valence-electron chi connectivity index (χ4n) is 1.37. The molecule has 0 saturated heterocycles. The second-order valence-corrected chi connectivity index (χ2v) is 3.46. The van der Waals surface area contributed by atoms with Gasteiger partial charge in [0.25, 0.3) is 0 Å². The summed E-state index contributed by atoms with van der Waals surface area (Å²) in [4.78, 5) is 3.87. The van der Waals surface area contributed by atoms with E-state index < -0.39 is 11.6 Å². The highest BCUT2D eigenvalue weighted by Gasteiger charge is 2.04. The Kier molecular flexibility index (Phi) is 3.14. The van der Waals surface area contributed by atoms with Crippen LogP contribution < -0.4 is 5.73 Å². The van der Waals surface area contributed by atoms with Crippen LogP contribution in [0.25, 0.3) is 0 Å². The van der Waals surface area contributed by atoms with Crippen molar-refractivity contribution in [2.45, 2.75) is 0 Å². The molecule has 2 nitrogen and oxygen atoms in total. The maximum absolute atomic E-state index is 13.3. The topological polar surface area (TPSA) is 38.4 Å². The van der Waals surface area contributed by atoms with E-state index in [1.165, 1.54) is 0 Å². The molecule has 0 aromatic heterocycles. The first kappa shape index (κ1) is 11.3. The summed E-state index contributed by atoms with van der Waals surface area (Å²) in [7, 11) is 0. The molecule has 0 aliphatic carbocycles. The number of amidine groups is 1. The van der Waals surface area contributed by atoms with Crippen LogP contribution in [-0.4, -0.2) is 5.84 Å². The summed E-state index contributed by atoms with van der Waals surface area (Å²) in [5, 5.41) is 0. The van der Waals surface area contributed by atoms with Gasteiger partial charge in [0.05, 0.1) is 0 Å². The highest BCUT2D eigenvalue weighted by molar-refractivity contribution is 5.98. The lowest BCUT2D eigenvalue weighted by atomic mass is 10.2. The SMILES string of the molecule is NC(=Nc1cc(F)ccc1F)c1ccccc1. The van der Waals surface area contributed by atoms with Crippen LogP contribution in [0.2, 0.25) is 0 Å². The molecule has 0 atom stereocenters. The molecule has 0 fully saturated rings. The Balaban J connectivity index is 2.39. The highest BCUT2D eigenvalue weighted by Crippen LogP contribution is 2.19. The maximum Gasteiger partial charge on any atom is 0.149 e. The Morgan fingerprint density at radius 3 is 2.41 bits per heavy atom. The molecule has 2 aromatic carbocycles. The first-order valence-electron chi connectivity index (χ1n) is 5.01. The molecule has 0 unspecified atom stereocenters. The smallest absolute Gasteiger partial charge is 0.149 e. The minimum atomic E-state index is -0.606. The number of halogens is 2. The van der Waals surface area contributed by atoms with Crippen molar-refractivity contribution in [3.8, 4) is 0 Å². The number of benzene rings is 2. The Bertz CT molecular complexity index is 551. The molecular weight excluding hydrogens is 222 g/mol. The van der Waals surface area contributed by atoms with E-state index in [1.54, 1.807) is 24.3 Å². The van der Waals surface area contributed by atoms with Gasteiger partial charge in [0.1, 0.15) is 23.2 Å². The molecule has 2 rings (SSSR count). The Labute approximate surface area is 97.4 Å². The molecule has 17 heavy (non-hydrogen) atoms.